The van der Waals surface area contributed by atoms with Crippen molar-refractivity contribution >= 4 is 28.7 Å². The second-order valence-corrected chi connectivity index (χ2v) is 6.57. The first kappa shape index (κ1) is 17.2. The molecule has 2 amide bonds. The Balaban J connectivity index is 1.41. The molecule has 0 radical (unpaired) electrons. The zero-order valence-electron chi connectivity index (χ0n) is 15.3. The van der Waals surface area contributed by atoms with Crippen LogP contribution in [0.1, 0.15) is 6.42 Å². The van der Waals surface area contributed by atoms with E-state index in [-0.39, 0.29) is 6.03 Å². The number of anilines is 2. The van der Waals surface area contributed by atoms with Crippen molar-refractivity contribution in [2.75, 3.05) is 43.5 Å². The number of methoxy groups -OCH3 is 1. The lowest BCUT2D eigenvalue weighted by Gasteiger charge is -2.22. The number of H-pyrrole nitrogens is 1. The summed E-state index contributed by atoms with van der Waals surface area (Å²) in [5.74, 6) is 1.59. The molecule has 3 aromatic rings. The van der Waals surface area contributed by atoms with Crippen molar-refractivity contribution in [2.24, 2.45) is 0 Å². The average molecular weight is 365 g/mol. The third kappa shape index (κ3) is 3.81. The molecule has 0 aliphatic carbocycles. The molecule has 2 heterocycles. The third-order valence-corrected chi connectivity index (χ3v) is 4.78. The molecule has 2 N–H and O–H groups in total. The largest absolute Gasteiger partial charge is 0.497 e. The maximum atomic E-state index is 12.6. The van der Waals surface area contributed by atoms with Gasteiger partial charge in [0.05, 0.1) is 18.1 Å². The molecule has 140 valence electrons. The first-order valence-electron chi connectivity index (χ1n) is 9.12. The Labute approximate surface area is 157 Å². The Morgan fingerprint density at radius 3 is 2.85 bits per heavy atom. The van der Waals surface area contributed by atoms with Crippen LogP contribution in [0.2, 0.25) is 0 Å². The number of ether oxygens (including phenoxy) is 1. The van der Waals surface area contributed by atoms with Gasteiger partial charge in [-0.3, -0.25) is 0 Å². The van der Waals surface area contributed by atoms with E-state index in [1.807, 2.05) is 53.4 Å². The summed E-state index contributed by atoms with van der Waals surface area (Å²) < 4.78 is 5.21. The van der Waals surface area contributed by atoms with Crippen molar-refractivity contribution in [3.8, 4) is 5.75 Å². The molecular formula is C20H23N5O2. The number of urea groups is 1. The van der Waals surface area contributed by atoms with Gasteiger partial charge in [0, 0.05) is 37.9 Å². The summed E-state index contributed by atoms with van der Waals surface area (Å²) in [5, 5.41) is 2.96. The number of nitrogens with one attached hydrogen (secondary N) is 2. The number of hydrogen-bond donors (Lipinski definition) is 2. The molecule has 7 nitrogen and oxygen atoms in total. The minimum absolute atomic E-state index is 0.0882. The predicted octanol–water partition coefficient (Wildman–Crippen LogP) is 3.32. The maximum absolute atomic E-state index is 12.6. The summed E-state index contributed by atoms with van der Waals surface area (Å²) in [7, 11) is 1.61. The highest BCUT2D eigenvalue weighted by molar-refractivity contribution is 5.89. The molecule has 4 rings (SSSR count). The second kappa shape index (κ2) is 7.57. The van der Waals surface area contributed by atoms with E-state index in [1.165, 1.54) is 0 Å². The summed E-state index contributed by atoms with van der Waals surface area (Å²) >= 11 is 0. The van der Waals surface area contributed by atoms with Crippen LogP contribution in [0.4, 0.5) is 16.4 Å². The predicted molar refractivity (Wildman–Crippen MR) is 107 cm³/mol. The van der Waals surface area contributed by atoms with Crippen LogP contribution in [0, 0.1) is 0 Å². The molecule has 0 bridgehead atoms. The van der Waals surface area contributed by atoms with Gasteiger partial charge in [0.1, 0.15) is 5.75 Å². The number of nitrogens with zero attached hydrogens (tertiary/aromatic N) is 3. The van der Waals surface area contributed by atoms with Crippen molar-refractivity contribution in [2.45, 2.75) is 6.42 Å². The van der Waals surface area contributed by atoms with Crippen molar-refractivity contribution in [1.82, 2.24) is 14.9 Å². The minimum atomic E-state index is -0.0882. The maximum Gasteiger partial charge on any atom is 0.321 e. The first-order chi connectivity index (χ1) is 13.2. The molecule has 0 spiro atoms. The van der Waals surface area contributed by atoms with Gasteiger partial charge in [0.2, 0.25) is 5.95 Å². The molecule has 27 heavy (non-hydrogen) atoms. The van der Waals surface area contributed by atoms with E-state index < -0.39 is 0 Å². The number of hydrogen-bond acceptors (Lipinski definition) is 4. The number of aromatic nitrogens is 2. The van der Waals surface area contributed by atoms with E-state index in [4.69, 9.17) is 4.74 Å². The van der Waals surface area contributed by atoms with Crippen molar-refractivity contribution < 1.29 is 9.53 Å². The van der Waals surface area contributed by atoms with Crippen molar-refractivity contribution in [1.29, 1.82) is 0 Å². The Morgan fingerprint density at radius 2 is 2.00 bits per heavy atom. The zero-order valence-corrected chi connectivity index (χ0v) is 15.3. The van der Waals surface area contributed by atoms with Crippen LogP contribution in [0.25, 0.3) is 11.0 Å². The molecule has 1 aromatic heterocycles. The molecule has 1 aliphatic rings. The van der Waals surface area contributed by atoms with Gasteiger partial charge in [-0.25, -0.2) is 9.78 Å². The highest BCUT2D eigenvalue weighted by Crippen LogP contribution is 2.20. The standard InChI is InChI=1S/C20H23N5O2/c1-27-16-7-4-6-15(14-16)21-20(26)25-11-5-10-24(12-13-25)19-22-17-8-2-3-9-18(17)23-19/h2-4,6-9,14H,5,10-13H2,1H3,(H,21,26)(H,22,23). The second-order valence-electron chi connectivity index (χ2n) is 6.57. The van der Waals surface area contributed by atoms with Gasteiger partial charge in [-0.2, -0.15) is 0 Å². The van der Waals surface area contributed by atoms with Gasteiger partial charge in [-0.05, 0) is 30.7 Å². The molecule has 1 aliphatic heterocycles. The fourth-order valence-corrected chi connectivity index (χ4v) is 3.32. The summed E-state index contributed by atoms with van der Waals surface area (Å²) in [6, 6.07) is 15.3. The fraction of sp³-hybridized carbons (Fsp3) is 0.300. The number of rotatable bonds is 3. The van der Waals surface area contributed by atoms with Crippen LogP contribution in [-0.2, 0) is 0 Å². The lowest BCUT2D eigenvalue weighted by atomic mass is 10.3. The molecule has 2 aromatic carbocycles. The van der Waals surface area contributed by atoms with Crippen LogP contribution in [0.15, 0.2) is 48.5 Å². The Bertz CT molecular complexity index is 906. The van der Waals surface area contributed by atoms with E-state index in [2.05, 4.69) is 20.2 Å². The molecule has 1 fully saturated rings. The van der Waals surface area contributed by atoms with Gasteiger partial charge >= 0.3 is 6.03 Å². The number of fused-ring (bicyclic) bond motifs is 1. The summed E-state index contributed by atoms with van der Waals surface area (Å²) in [6.07, 6.45) is 0.891. The van der Waals surface area contributed by atoms with Gasteiger partial charge in [0.15, 0.2) is 0 Å². The van der Waals surface area contributed by atoms with Crippen molar-refractivity contribution in [3.63, 3.8) is 0 Å². The molecule has 0 saturated carbocycles. The van der Waals surface area contributed by atoms with Gasteiger partial charge in [0.25, 0.3) is 0 Å². The number of aromatic amines is 1. The average Bonchev–Trinajstić information content (AvgIpc) is 2.97. The molecule has 7 heteroatoms. The number of amides is 2. The van der Waals surface area contributed by atoms with E-state index in [0.29, 0.717) is 13.1 Å². The van der Waals surface area contributed by atoms with Crippen molar-refractivity contribution in [3.05, 3.63) is 48.5 Å². The van der Waals surface area contributed by atoms with E-state index in [1.54, 1.807) is 7.11 Å². The number of para-hydroxylation sites is 2. The smallest absolute Gasteiger partial charge is 0.321 e. The summed E-state index contributed by atoms with van der Waals surface area (Å²) in [5.41, 5.74) is 2.73. The topological polar surface area (TPSA) is 73.5 Å². The molecule has 1 saturated heterocycles. The van der Waals surface area contributed by atoms with Gasteiger partial charge < -0.3 is 24.8 Å². The van der Waals surface area contributed by atoms with Gasteiger partial charge in [-0.1, -0.05) is 18.2 Å². The van der Waals surface area contributed by atoms with Crippen LogP contribution in [0.3, 0.4) is 0 Å². The van der Waals surface area contributed by atoms with Crippen LogP contribution in [0.5, 0.6) is 5.75 Å². The minimum Gasteiger partial charge on any atom is -0.497 e. The highest BCUT2D eigenvalue weighted by Gasteiger charge is 2.21. The molecule has 0 unspecified atom stereocenters. The highest BCUT2D eigenvalue weighted by atomic mass is 16.5. The Hall–Kier alpha value is -3.22. The van der Waals surface area contributed by atoms with E-state index in [0.717, 1.165) is 47.9 Å². The Kier molecular flexibility index (Phi) is 4.82. The normalized spacial score (nSPS) is 14.9. The number of imidazole rings is 1. The molecule has 0 atom stereocenters. The fourth-order valence-electron chi connectivity index (χ4n) is 3.32. The van der Waals surface area contributed by atoms with Crippen LogP contribution < -0.4 is 15.0 Å². The van der Waals surface area contributed by atoms with Crippen LogP contribution >= 0.6 is 0 Å². The monoisotopic (exact) mass is 365 g/mol. The van der Waals surface area contributed by atoms with E-state index in [9.17, 15) is 4.79 Å². The summed E-state index contributed by atoms with van der Waals surface area (Å²) in [4.78, 5) is 24.7. The number of carbonyl (C=O) groups excluding carboxylic acids is 1. The SMILES string of the molecule is COc1cccc(NC(=O)N2CCCN(c3nc4ccccc4[nH]3)CC2)c1. The lowest BCUT2D eigenvalue weighted by Crippen LogP contribution is -2.38. The Morgan fingerprint density at radius 1 is 1.11 bits per heavy atom. The van der Waals surface area contributed by atoms with Gasteiger partial charge in [-0.15, -0.1) is 0 Å². The summed E-state index contributed by atoms with van der Waals surface area (Å²) in [6.45, 7) is 2.97. The number of benzene rings is 2. The quantitative estimate of drug-likeness (QED) is 0.747. The third-order valence-electron chi connectivity index (χ3n) is 4.78. The zero-order chi connectivity index (χ0) is 18.6. The van der Waals surface area contributed by atoms with E-state index >= 15 is 0 Å². The first-order valence-corrected chi connectivity index (χ1v) is 9.12. The lowest BCUT2D eigenvalue weighted by molar-refractivity contribution is 0.215. The van der Waals surface area contributed by atoms with Crippen LogP contribution in [-0.4, -0.2) is 54.2 Å². The molecular weight excluding hydrogens is 342 g/mol. The number of carbonyl (C=O) groups is 1.